The summed E-state index contributed by atoms with van der Waals surface area (Å²) in [6.45, 7) is 1.42. The van der Waals surface area contributed by atoms with E-state index in [1.807, 2.05) is 18.2 Å². The van der Waals surface area contributed by atoms with E-state index in [1.54, 1.807) is 0 Å². The largest absolute Gasteiger partial charge is 0.330 e. The van der Waals surface area contributed by atoms with E-state index in [-0.39, 0.29) is 5.78 Å². The summed E-state index contributed by atoms with van der Waals surface area (Å²) in [5, 5.41) is 0. The fourth-order valence-electron chi connectivity index (χ4n) is 2.46. The lowest BCUT2D eigenvalue weighted by atomic mass is 10.1. The zero-order chi connectivity index (χ0) is 11.8. The van der Waals surface area contributed by atoms with Gasteiger partial charge in [0.15, 0.2) is 5.78 Å². The Morgan fingerprint density at radius 3 is 3.18 bits per heavy atom. The number of Topliss-reactive ketones (excluding diaryl/α,β-unsaturated/α-hetero) is 1. The fraction of sp³-hybridized carbons (Fsp3) is 0.385. The Morgan fingerprint density at radius 1 is 1.47 bits per heavy atom. The summed E-state index contributed by atoms with van der Waals surface area (Å²) >= 11 is 0. The van der Waals surface area contributed by atoms with Crippen LogP contribution in [-0.4, -0.2) is 21.9 Å². The Morgan fingerprint density at radius 2 is 2.35 bits per heavy atom. The van der Waals surface area contributed by atoms with Gasteiger partial charge in [0.25, 0.3) is 0 Å². The smallest absolute Gasteiger partial charge is 0.164 e. The molecule has 2 N–H and O–H groups in total. The van der Waals surface area contributed by atoms with Gasteiger partial charge < -0.3 is 10.3 Å². The van der Waals surface area contributed by atoms with Gasteiger partial charge in [0.1, 0.15) is 5.82 Å². The van der Waals surface area contributed by atoms with Crippen molar-refractivity contribution in [1.29, 1.82) is 0 Å². The molecule has 0 saturated carbocycles. The molecule has 3 rings (SSSR count). The maximum absolute atomic E-state index is 11.8. The number of carbonyl (C=O) groups excluding carboxylic acids is 1. The SMILES string of the molecule is NCCC(=O)c1ccc2nc3n(c2c1)CCC3. The van der Waals surface area contributed by atoms with Crippen molar-refractivity contribution >= 4 is 16.8 Å². The van der Waals surface area contributed by atoms with Crippen molar-refractivity contribution in [3.63, 3.8) is 0 Å². The number of imidazole rings is 1. The van der Waals surface area contributed by atoms with Crippen molar-refractivity contribution in [1.82, 2.24) is 9.55 Å². The zero-order valence-corrected chi connectivity index (χ0v) is 9.65. The van der Waals surface area contributed by atoms with Crippen LogP contribution < -0.4 is 5.73 Å². The fourth-order valence-corrected chi connectivity index (χ4v) is 2.46. The molecule has 0 unspecified atom stereocenters. The second kappa shape index (κ2) is 3.96. The quantitative estimate of drug-likeness (QED) is 0.812. The number of hydrogen-bond donors (Lipinski definition) is 1. The number of rotatable bonds is 3. The normalized spacial score (nSPS) is 14.2. The lowest BCUT2D eigenvalue weighted by Crippen LogP contribution is -2.08. The van der Waals surface area contributed by atoms with Crippen molar-refractivity contribution in [3.8, 4) is 0 Å². The van der Waals surface area contributed by atoms with Gasteiger partial charge in [0.2, 0.25) is 0 Å². The highest BCUT2D eigenvalue weighted by atomic mass is 16.1. The monoisotopic (exact) mass is 229 g/mol. The third-order valence-electron chi connectivity index (χ3n) is 3.30. The number of benzene rings is 1. The van der Waals surface area contributed by atoms with Gasteiger partial charge >= 0.3 is 0 Å². The summed E-state index contributed by atoms with van der Waals surface area (Å²) < 4.78 is 2.22. The molecule has 1 aliphatic heterocycles. The molecule has 0 atom stereocenters. The molecule has 2 aromatic rings. The molecule has 17 heavy (non-hydrogen) atoms. The molecule has 1 aromatic carbocycles. The first-order valence-electron chi connectivity index (χ1n) is 6.02. The zero-order valence-electron chi connectivity index (χ0n) is 9.65. The molecule has 0 radical (unpaired) electrons. The Bertz CT molecular complexity index is 586. The minimum Gasteiger partial charge on any atom is -0.330 e. The summed E-state index contributed by atoms with van der Waals surface area (Å²) in [5.74, 6) is 1.26. The molecule has 88 valence electrons. The molecule has 4 heteroatoms. The predicted molar refractivity (Wildman–Crippen MR) is 66.1 cm³/mol. The second-order valence-corrected chi connectivity index (χ2v) is 4.45. The van der Waals surface area contributed by atoms with Gasteiger partial charge in [-0.2, -0.15) is 0 Å². The van der Waals surface area contributed by atoms with E-state index < -0.39 is 0 Å². The maximum atomic E-state index is 11.8. The van der Waals surface area contributed by atoms with Crippen molar-refractivity contribution in [2.24, 2.45) is 5.73 Å². The topological polar surface area (TPSA) is 60.9 Å². The first-order valence-corrected chi connectivity index (χ1v) is 6.02. The number of ketones is 1. The number of fused-ring (bicyclic) bond motifs is 3. The molecule has 2 heterocycles. The first kappa shape index (κ1) is 10.5. The van der Waals surface area contributed by atoms with Gasteiger partial charge in [-0.25, -0.2) is 4.98 Å². The Balaban J connectivity index is 2.09. The number of nitrogens with zero attached hydrogens (tertiary/aromatic N) is 2. The van der Waals surface area contributed by atoms with Gasteiger partial charge in [0.05, 0.1) is 11.0 Å². The standard InChI is InChI=1S/C13H15N3O/c14-6-5-12(17)9-3-4-10-11(8-9)16-7-1-2-13(16)15-10/h3-4,8H,1-2,5-7,14H2. The third kappa shape index (κ3) is 1.65. The predicted octanol–water partition coefficient (Wildman–Crippen LogP) is 1.51. The summed E-state index contributed by atoms with van der Waals surface area (Å²) in [7, 11) is 0. The van der Waals surface area contributed by atoms with E-state index in [0.29, 0.717) is 13.0 Å². The molecule has 0 fully saturated rings. The Hall–Kier alpha value is -1.68. The van der Waals surface area contributed by atoms with Crippen LogP contribution in [0.15, 0.2) is 18.2 Å². The van der Waals surface area contributed by atoms with E-state index in [4.69, 9.17) is 5.73 Å². The summed E-state index contributed by atoms with van der Waals surface area (Å²) in [5.41, 5.74) is 8.23. The van der Waals surface area contributed by atoms with E-state index in [9.17, 15) is 4.79 Å². The van der Waals surface area contributed by atoms with Crippen LogP contribution in [0.2, 0.25) is 0 Å². The van der Waals surface area contributed by atoms with Crippen molar-refractivity contribution in [2.75, 3.05) is 6.54 Å². The summed E-state index contributed by atoms with van der Waals surface area (Å²) in [4.78, 5) is 16.4. The molecular formula is C13H15N3O. The van der Waals surface area contributed by atoms with Crippen LogP contribution in [0.4, 0.5) is 0 Å². The molecule has 0 saturated heterocycles. The Labute approximate surface area is 99.4 Å². The summed E-state index contributed by atoms with van der Waals surface area (Å²) in [6.07, 6.45) is 2.60. The second-order valence-electron chi connectivity index (χ2n) is 4.45. The Kier molecular flexibility index (Phi) is 2.44. The minimum atomic E-state index is 0.114. The van der Waals surface area contributed by atoms with E-state index >= 15 is 0 Å². The van der Waals surface area contributed by atoms with E-state index in [2.05, 4.69) is 9.55 Å². The van der Waals surface area contributed by atoms with Crippen LogP contribution in [0.25, 0.3) is 11.0 Å². The molecule has 0 aliphatic carbocycles. The van der Waals surface area contributed by atoms with Crippen LogP contribution in [-0.2, 0) is 13.0 Å². The van der Waals surface area contributed by atoms with Crippen molar-refractivity contribution in [3.05, 3.63) is 29.6 Å². The molecule has 0 spiro atoms. The van der Waals surface area contributed by atoms with Gasteiger partial charge in [-0.15, -0.1) is 0 Å². The number of nitrogens with two attached hydrogens (primary N) is 1. The molecule has 1 aliphatic rings. The first-order chi connectivity index (χ1) is 8.29. The summed E-state index contributed by atoms with van der Waals surface area (Å²) in [6, 6.07) is 5.74. The molecule has 0 amide bonds. The molecule has 4 nitrogen and oxygen atoms in total. The molecule has 1 aromatic heterocycles. The minimum absolute atomic E-state index is 0.114. The number of hydrogen-bond acceptors (Lipinski definition) is 3. The number of aryl methyl sites for hydroxylation is 2. The van der Waals surface area contributed by atoms with Gasteiger partial charge in [0, 0.05) is 24.9 Å². The van der Waals surface area contributed by atoms with Crippen molar-refractivity contribution < 1.29 is 4.79 Å². The highest BCUT2D eigenvalue weighted by Gasteiger charge is 2.17. The van der Waals surface area contributed by atoms with Crippen molar-refractivity contribution in [2.45, 2.75) is 25.8 Å². The highest BCUT2D eigenvalue weighted by Crippen LogP contribution is 2.23. The number of carbonyl (C=O) groups is 1. The molecule has 0 bridgehead atoms. The van der Waals surface area contributed by atoms with Gasteiger partial charge in [-0.1, -0.05) is 0 Å². The van der Waals surface area contributed by atoms with Gasteiger partial charge in [-0.3, -0.25) is 4.79 Å². The van der Waals surface area contributed by atoms with Gasteiger partial charge in [-0.05, 0) is 31.2 Å². The molecular weight excluding hydrogens is 214 g/mol. The van der Waals surface area contributed by atoms with Crippen LogP contribution in [0.1, 0.15) is 29.0 Å². The number of aromatic nitrogens is 2. The third-order valence-corrected chi connectivity index (χ3v) is 3.30. The van der Waals surface area contributed by atoms with Crippen LogP contribution in [0, 0.1) is 0 Å². The highest BCUT2D eigenvalue weighted by molar-refractivity contribution is 5.99. The average Bonchev–Trinajstić information content (AvgIpc) is 2.88. The average molecular weight is 229 g/mol. The van der Waals surface area contributed by atoms with Crippen LogP contribution >= 0.6 is 0 Å². The van der Waals surface area contributed by atoms with E-state index in [0.717, 1.165) is 41.8 Å². The lowest BCUT2D eigenvalue weighted by molar-refractivity contribution is 0.0985. The van der Waals surface area contributed by atoms with Crippen LogP contribution in [0.3, 0.4) is 0 Å². The lowest BCUT2D eigenvalue weighted by Gasteiger charge is -2.02. The van der Waals surface area contributed by atoms with Crippen LogP contribution in [0.5, 0.6) is 0 Å². The van der Waals surface area contributed by atoms with E-state index in [1.165, 1.54) is 0 Å². The maximum Gasteiger partial charge on any atom is 0.164 e.